The summed E-state index contributed by atoms with van der Waals surface area (Å²) < 4.78 is 38.4. The summed E-state index contributed by atoms with van der Waals surface area (Å²) in [5.74, 6) is 0.377. The summed E-state index contributed by atoms with van der Waals surface area (Å²) in [6, 6.07) is 18.2. The zero-order chi connectivity index (χ0) is 22.6. The van der Waals surface area contributed by atoms with Crippen LogP contribution in [0.3, 0.4) is 0 Å². The van der Waals surface area contributed by atoms with E-state index < -0.39 is 22.5 Å². The Labute approximate surface area is 183 Å². The third-order valence-corrected chi connectivity index (χ3v) is 6.54. The molecule has 0 aromatic heterocycles. The van der Waals surface area contributed by atoms with E-state index >= 15 is 0 Å². The van der Waals surface area contributed by atoms with Gasteiger partial charge in [0.1, 0.15) is 11.5 Å². The first kappa shape index (κ1) is 22.4. The van der Waals surface area contributed by atoms with Gasteiger partial charge in [-0.2, -0.15) is 4.31 Å². The minimum absolute atomic E-state index is 0.0220. The van der Waals surface area contributed by atoms with Crippen molar-refractivity contribution in [3.63, 3.8) is 0 Å². The van der Waals surface area contributed by atoms with Crippen LogP contribution in [0.1, 0.15) is 16.7 Å². The summed E-state index contributed by atoms with van der Waals surface area (Å²) in [5, 5.41) is 0. The standard InChI is InChI=1S/C24H25NO5S/c1-17-5-12-22(13-6-17)31(27,28)25(20-8-10-21(29-4)11-9-20)24(26)16-30-23-14-7-18(2)15-19(23)3/h5-15H,16H2,1-4H3. The van der Waals surface area contributed by atoms with Crippen molar-refractivity contribution in [2.45, 2.75) is 25.7 Å². The molecule has 1 amide bonds. The number of nitrogens with zero attached hydrogens (tertiary/aromatic N) is 1. The van der Waals surface area contributed by atoms with Gasteiger partial charge in [0.15, 0.2) is 6.61 Å². The van der Waals surface area contributed by atoms with Gasteiger partial charge >= 0.3 is 0 Å². The molecule has 3 aromatic carbocycles. The molecule has 0 radical (unpaired) electrons. The van der Waals surface area contributed by atoms with Crippen molar-refractivity contribution in [3.8, 4) is 11.5 Å². The molecular weight excluding hydrogens is 414 g/mol. The molecule has 0 N–H and O–H groups in total. The lowest BCUT2D eigenvalue weighted by Gasteiger charge is -2.23. The third kappa shape index (κ3) is 5.06. The van der Waals surface area contributed by atoms with E-state index in [2.05, 4.69) is 0 Å². The van der Waals surface area contributed by atoms with Crippen molar-refractivity contribution in [1.82, 2.24) is 0 Å². The fourth-order valence-electron chi connectivity index (χ4n) is 3.11. The number of methoxy groups -OCH3 is 1. The number of carbonyl (C=O) groups excluding carboxylic acids is 1. The molecule has 3 aromatic rings. The maximum absolute atomic E-state index is 13.4. The first-order chi connectivity index (χ1) is 14.7. The highest BCUT2D eigenvalue weighted by atomic mass is 32.2. The average Bonchev–Trinajstić information content (AvgIpc) is 2.74. The zero-order valence-electron chi connectivity index (χ0n) is 18.0. The molecule has 0 heterocycles. The number of benzene rings is 3. The minimum Gasteiger partial charge on any atom is -0.497 e. The van der Waals surface area contributed by atoms with Gasteiger partial charge < -0.3 is 9.47 Å². The number of hydrogen-bond acceptors (Lipinski definition) is 5. The lowest BCUT2D eigenvalue weighted by atomic mass is 10.1. The Morgan fingerprint density at radius 1 is 0.871 bits per heavy atom. The van der Waals surface area contributed by atoms with Gasteiger partial charge in [-0.3, -0.25) is 4.79 Å². The number of ether oxygens (including phenoxy) is 2. The number of rotatable bonds is 7. The van der Waals surface area contributed by atoms with Gasteiger partial charge in [-0.1, -0.05) is 35.4 Å². The molecule has 0 atom stereocenters. The van der Waals surface area contributed by atoms with Gasteiger partial charge in [0.25, 0.3) is 15.9 Å². The summed E-state index contributed by atoms with van der Waals surface area (Å²) in [6.45, 7) is 5.26. The normalized spacial score (nSPS) is 11.1. The summed E-state index contributed by atoms with van der Waals surface area (Å²) in [4.78, 5) is 13.1. The predicted molar refractivity (Wildman–Crippen MR) is 120 cm³/mol. The molecule has 0 aliphatic carbocycles. The summed E-state index contributed by atoms with van der Waals surface area (Å²) >= 11 is 0. The largest absolute Gasteiger partial charge is 0.497 e. The highest BCUT2D eigenvalue weighted by Crippen LogP contribution is 2.27. The summed E-state index contributed by atoms with van der Waals surface area (Å²) in [6.07, 6.45) is 0. The molecule has 3 rings (SSSR count). The molecule has 0 saturated carbocycles. The van der Waals surface area contributed by atoms with Gasteiger partial charge in [0.2, 0.25) is 0 Å². The van der Waals surface area contributed by atoms with Crippen LogP contribution in [0.5, 0.6) is 11.5 Å². The molecule has 0 unspecified atom stereocenters. The van der Waals surface area contributed by atoms with E-state index in [1.165, 1.54) is 31.4 Å². The molecule has 0 bridgehead atoms. The van der Waals surface area contributed by atoms with Gasteiger partial charge in [0, 0.05) is 0 Å². The molecule has 162 valence electrons. The first-order valence-electron chi connectivity index (χ1n) is 9.71. The number of amides is 1. The van der Waals surface area contributed by atoms with Crippen LogP contribution < -0.4 is 13.8 Å². The van der Waals surface area contributed by atoms with E-state index in [0.29, 0.717) is 11.5 Å². The molecule has 31 heavy (non-hydrogen) atoms. The Hall–Kier alpha value is -3.32. The van der Waals surface area contributed by atoms with Gasteiger partial charge in [-0.15, -0.1) is 0 Å². The maximum Gasteiger partial charge on any atom is 0.278 e. The van der Waals surface area contributed by atoms with Crippen molar-refractivity contribution in [2.24, 2.45) is 0 Å². The molecular formula is C24H25NO5S. The quantitative estimate of drug-likeness (QED) is 0.545. The highest BCUT2D eigenvalue weighted by Gasteiger charge is 2.31. The minimum atomic E-state index is -4.15. The maximum atomic E-state index is 13.4. The van der Waals surface area contributed by atoms with Crippen LogP contribution in [0.15, 0.2) is 71.6 Å². The molecule has 7 heteroatoms. The van der Waals surface area contributed by atoms with Crippen molar-refractivity contribution in [3.05, 3.63) is 83.4 Å². The van der Waals surface area contributed by atoms with Crippen molar-refractivity contribution in [2.75, 3.05) is 18.0 Å². The van der Waals surface area contributed by atoms with E-state index in [1.807, 2.05) is 32.9 Å². The Kier molecular flexibility index (Phi) is 6.65. The number of hydrogen-bond donors (Lipinski definition) is 0. The molecule has 0 saturated heterocycles. The van der Waals surface area contributed by atoms with Crippen molar-refractivity contribution >= 4 is 21.6 Å². The van der Waals surface area contributed by atoms with E-state index in [-0.39, 0.29) is 10.6 Å². The van der Waals surface area contributed by atoms with Crippen LogP contribution in [-0.4, -0.2) is 28.0 Å². The van der Waals surface area contributed by atoms with E-state index in [4.69, 9.17) is 9.47 Å². The van der Waals surface area contributed by atoms with Crippen LogP contribution in [0.4, 0.5) is 5.69 Å². The molecule has 0 aliphatic rings. The Balaban J connectivity index is 1.96. The SMILES string of the molecule is COc1ccc(N(C(=O)COc2ccc(C)cc2C)S(=O)(=O)c2ccc(C)cc2)cc1. The molecule has 0 fully saturated rings. The first-order valence-corrected chi connectivity index (χ1v) is 11.2. The Bertz CT molecular complexity index is 1170. The lowest BCUT2D eigenvalue weighted by Crippen LogP contribution is -2.40. The highest BCUT2D eigenvalue weighted by molar-refractivity contribution is 7.93. The number of carbonyl (C=O) groups is 1. The Morgan fingerprint density at radius 3 is 2.06 bits per heavy atom. The van der Waals surface area contributed by atoms with Crippen molar-refractivity contribution < 1.29 is 22.7 Å². The van der Waals surface area contributed by atoms with Crippen LogP contribution in [0.25, 0.3) is 0 Å². The fourth-order valence-corrected chi connectivity index (χ4v) is 4.52. The third-order valence-electron chi connectivity index (χ3n) is 4.77. The van der Waals surface area contributed by atoms with Crippen LogP contribution in [0, 0.1) is 20.8 Å². The van der Waals surface area contributed by atoms with Crippen LogP contribution in [-0.2, 0) is 14.8 Å². The fraction of sp³-hybridized carbons (Fsp3) is 0.208. The van der Waals surface area contributed by atoms with E-state index in [1.54, 1.807) is 30.3 Å². The van der Waals surface area contributed by atoms with Gasteiger partial charge in [-0.25, -0.2) is 8.42 Å². The van der Waals surface area contributed by atoms with Crippen LogP contribution in [0.2, 0.25) is 0 Å². The van der Waals surface area contributed by atoms with E-state index in [9.17, 15) is 13.2 Å². The second-order valence-electron chi connectivity index (χ2n) is 7.23. The average molecular weight is 440 g/mol. The Morgan fingerprint density at radius 2 is 1.48 bits per heavy atom. The smallest absolute Gasteiger partial charge is 0.278 e. The lowest BCUT2D eigenvalue weighted by molar-refractivity contribution is -0.119. The topological polar surface area (TPSA) is 72.9 Å². The second-order valence-corrected chi connectivity index (χ2v) is 9.02. The number of anilines is 1. The van der Waals surface area contributed by atoms with Crippen LogP contribution >= 0.6 is 0 Å². The molecule has 6 nitrogen and oxygen atoms in total. The summed E-state index contributed by atoms with van der Waals surface area (Å²) in [5.41, 5.74) is 3.05. The predicted octanol–water partition coefficient (Wildman–Crippen LogP) is 4.42. The number of aryl methyl sites for hydroxylation is 3. The summed E-state index contributed by atoms with van der Waals surface area (Å²) in [7, 11) is -2.64. The second kappa shape index (κ2) is 9.22. The molecule has 0 spiro atoms. The van der Waals surface area contributed by atoms with Gasteiger partial charge in [0.05, 0.1) is 17.7 Å². The molecule has 0 aliphatic heterocycles. The monoisotopic (exact) mass is 439 g/mol. The number of sulfonamides is 1. The van der Waals surface area contributed by atoms with Gasteiger partial charge in [-0.05, 0) is 68.8 Å². The van der Waals surface area contributed by atoms with Crippen molar-refractivity contribution in [1.29, 1.82) is 0 Å². The van der Waals surface area contributed by atoms with E-state index in [0.717, 1.165) is 21.0 Å². The zero-order valence-corrected chi connectivity index (χ0v) is 18.8.